The summed E-state index contributed by atoms with van der Waals surface area (Å²) in [6, 6.07) is 5.30. The topological polar surface area (TPSA) is 69.2 Å². The molecule has 24 heavy (non-hydrogen) atoms. The van der Waals surface area contributed by atoms with Crippen LogP contribution in [0.15, 0.2) is 23.0 Å². The Morgan fingerprint density at radius 1 is 1.38 bits per heavy atom. The summed E-state index contributed by atoms with van der Waals surface area (Å²) in [6.07, 6.45) is 4.05. The fourth-order valence-electron chi connectivity index (χ4n) is 3.30. The first-order valence-electron chi connectivity index (χ1n) is 8.40. The van der Waals surface area contributed by atoms with Crippen molar-refractivity contribution in [3.05, 3.63) is 56.2 Å². The molecule has 0 atom stereocenters. The number of nitrogens with zero attached hydrogens (tertiary/aromatic N) is 2. The zero-order valence-corrected chi connectivity index (χ0v) is 14.1. The van der Waals surface area contributed by atoms with Gasteiger partial charge in [0, 0.05) is 31.6 Å². The van der Waals surface area contributed by atoms with E-state index < -0.39 is 0 Å². The number of hydrogen-bond donors (Lipinski definition) is 2. The molecule has 126 valence electrons. The largest absolute Gasteiger partial charge is 0.506 e. The number of aromatic nitrogens is 2. The van der Waals surface area contributed by atoms with Crippen molar-refractivity contribution in [1.82, 2.24) is 14.9 Å². The van der Waals surface area contributed by atoms with Crippen molar-refractivity contribution in [2.24, 2.45) is 5.92 Å². The molecule has 4 rings (SSSR count). The van der Waals surface area contributed by atoms with Crippen LogP contribution in [0, 0.1) is 5.92 Å². The van der Waals surface area contributed by atoms with Crippen molar-refractivity contribution in [2.45, 2.75) is 38.8 Å². The van der Waals surface area contributed by atoms with Crippen LogP contribution in [0.1, 0.15) is 35.5 Å². The lowest BCUT2D eigenvalue weighted by Crippen LogP contribution is -2.35. The monoisotopic (exact) mass is 345 g/mol. The molecule has 0 amide bonds. The van der Waals surface area contributed by atoms with Crippen LogP contribution in [0.5, 0.6) is 5.75 Å². The molecule has 6 heteroatoms. The van der Waals surface area contributed by atoms with E-state index in [0.717, 1.165) is 35.6 Å². The second kappa shape index (κ2) is 6.22. The Balaban J connectivity index is 1.55. The maximum atomic E-state index is 12.3. The highest BCUT2D eigenvalue weighted by molar-refractivity contribution is 6.32. The Bertz CT molecular complexity index is 829. The lowest BCUT2D eigenvalue weighted by molar-refractivity contribution is 0.239. The maximum absolute atomic E-state index is 12.3. The molecular formula is C18H20ClN3O2. The average molecular weight is 346 g/mol. The molecule has 0 unspecified atom stereocenters. The molecule has 2 N–H and O–H groups in total. The first kappa shape index (κ1) is 15.7. The first-order valence-corrected chi connectivity index (χ1v) is 8.77. The highest BCUT2D eigenvalue weighted by Gasteiger charge is 2.25. The van der Waals surface area contributed by atoms with Crippen molar-refractivity contribution in [3.63, 3.8) is 0 Å². The lowest BCUT2D eigenvalue weighted by Gasteiger charge is -2.28. The number of nitrogens with one attached hydrogen (secondary N) is 1. The molecule has 0 bridgehead atoms. The molecule has 1 saturated carbocycles. The van der Waals surface area contributed by atoms with Gasteiger partial charge in [-0.2, -0.15) is 0 Å². The van der Waals surface area contributed by atoms with Crippen LogP contribution in [-0.2, 0) is 25.9 Å². The highest BCUT2D eigenvalue weighted by atomic mass is 35.5. The van der Waals surface area contributed by atoms with Gasteiger partial charge in [0.05, 0.1) is 10.7 Å². The van der Waals surface area contributed by atoms with E-state index in [0.29, 0.717) is 30.5 Å². The number of H-pyrrole nitrogens is 1. The number of hydrogen-bond acceptors (Lipinski definition) is 4. The van der Waals surface area contributed by atoms with Gasteiger partial charge in [-0.1, -0.05) is 23.7 Å². The van der Waals surface area contributed by atoms with E-state index in [1.807, 2.05) is 6.07 Å². The van der Waals surface area contributed by atoms with Crippen LogP contribution in [0.25, 0.3) is 0 Å². The molecular weight excluding hydrogens is 326 g/mol. The standard InChI is InChI=1S/C18H20ClN3O2/c19-17-12(2-1-3-15(17)23)9-22-7-6-13-14(10-22)20-16(21-18(13)24)8-11-4-5-11/h1-3,11,23H,4-10H2,(H,20,21,24). The number of aromatic hydroxyl groups is 1. The fraction of sp³-hybridized carbons (Fsp3) is 0.444. The lowest BCUT2D eigenvalue weighted by atomic mass is 10.1. The summed E-state index contributed by atoms with van der Waals surface area (Å²) in [5.41, 5.74) is 2.61. The van der Waals surface area contributed by atoms with Crippen LogP contribution >= 0.6 is 11.6 Å². The van der Waals surface area contributed by atoms with Crippen LogP contribution in [0.4, 0.5) is 0 Å². The van der Waals surface area contributed by atoms with E-state index in [1.165, 1.54) is 12.8 Å². The number of phenols is 1. The smallest absolute Gasteiger partial charge is 0.254 e. The van der Waals surface area contributed by atoms with Crippen molar-refractivity contribution in [1.29, 1.82) is 0 Å². The third-order valence-corrected chi connectivity index (χ3v) is 5.27. The van der Waals surface area contributed by atoms with E-state index in [9.17, 15) is 9.90 Å². The summed E-state index contributed by atoms with van der Waals surface area (Å²) in [5.74, 6) is 1.61. The van der Waals surface area contributed by atoms with Crippen molar-refractivity contribution in [3.8, 4) is 5.75 Å². The molecule has 1 fully saturated rings. The molecule has 2 aliphatic rings. The van der Waals surface area contributed by atoms with E-state index in [1.54, 1.807) is 12.1 Å². The second-order valence-electron chi connectivity index (χ2n) is 6.80. The van der Waals surface area contributed by atoms with Crippen molar-refractivity contribution in [2.75, 3.05) is 6.54 Å². The van der Waals surface area contributed by atoms with E-state index in [-0.39, 0.29) is 11.3 Å². The molecule has 1 aliphatic heterocycles. The molecule has 0 saturated heterocycles. The molecule has 0 spiro atoms. The van der Waals surface area contributed by atoms with Gasteiger partial charge in [0.2, 0.25) is 0 Å². The Labute approximate surface area is 145 Å². The molecule has 1 aromatic carbocycles. The van der Waals surface area contributed by atoms with E-state index in [2.05, 4.69) is 9.88 Å². The van der Waals surface area contributed by atoms with Gasteiger partial charge in [-0.3, -0.25) is 9.69 Å². The van der Waals surface area contributed by atoms with Crippen molar-refractivity contribution < 1.29 is 5.11 Å². The van der Waals surface area contributed by atoms with Gasteiger partial charge in [0.1, 0.15) is 11.6 Å². The van der Waals surface area contributed by atoms with Crippen LogP contribution in [0.2, 0.25) is 5.02 Å². The Morgan fingerprint density at radius 2 is 2.21 bits per heavy atom. The minimum atomic E-state index is 0.0192. The van der Waals surface area contributed by atoms with Gasteiger partial charge in [-0.05, 0) is 36.8 Å². The number of halogens is 1. The molecule has 0 radical (unpaired) electrons. The summed E-state index contributed by atoms with van der Waals surface area (Å²) in [4.78, 5) is 22.2. The zero-order valence-electron chi connectivity index (χ0n) is 13.4. The number of fused-ring (bicyclic) bond motifs is 1. The van der Waals surface area contributed by atoms with Crippen LogP contribution < -0.4 is 5.56 Å². The quantitative estimate of drug-likeness (QED) is 0.893. The van der Waals surface area contributed by atoms with Gasteiger partial charge in [-0.25, -0.2) is 4.98 Å². The highest BCUT2D eigenvalue weighted by Crippen LogP contribution is 2.32. The van der Waals surface area contributed by atoms with Crippen molar-refractivity contribution >= 4 is 11.6 Å². The Morgan fingerprint density at radius 3 is 3.00 bits per heavy atom. The molecule has 1 aromatic heterocycles. The predicted octanol–water partition coefficient (Wildman–Crippen LogP) is 2.64. The third-order valence-electron chi connectivity index (χ3n) is 4.83. The fourth-order valence-corrected chi connectivity index (χ4v) is 3.49. The van der Waals surface area contributed by atoms with E-state index in [4.69, 9.17) is 16.6 Å². The normalized spacial score (nSPS) is 17.7. The van der Waals surface area contributed by atoms with Gasteiger partial charge in [-0.15, -0.1) is 0 Å². The van der Waals surface area contributed by atoms with Gasteiger partial charge >= 0.3 is 0 Å². The summed E-state index contributed by atoms with van der Waals surface area (Å²) in [7, 11) is 0. The van der Waals surface area contributed by atoms with E-state index >= 15 is 0 Å². The second-order valence-corrected chi connectivity index (χ2v) is 7.17. The summed E-state index contributed by atoms with van der Waals surface area (Å²) in [6.45, 7) is 2.06. The number of rotatable bonds is 4. The summed E-state index contributed by atoms with van der Waals surface area (Å²) in [5, 5.41) is 10.1. The molecule has 2 heterocycles. The summed E-state index contributed by atoms with van der Waals surface area (Å²) < 4.78 is 0. The Hall–Kier alpha value is -1.85. The molecule has 5 nitrogen and oxygen atoms in total. The first-order chi connectivity index (χ1) is 11.6. The Kier molecular flexibility index (Phi) is 4.06. The predicted molar refractivity (Wildman–Crippen MR) is 92.2 cm³/mol. The molecule has 1 aliphatic carbocycles. The molecule has 2 aromatic rings. The zero-order chi connectivity index (χ0) is 16.7. The number of aromatic amines is 1. The van der Waals surface area contributed by atoms with Crippen LogP contribution in [0.3, 0.4) is 0 Å². The van der Waals surface area contributed by atoms with Gasteiger partial charge in [0.15, 0.2) is 0 Å². The maximum Gasteiger partial charge on any atom is 0.254 e. The minimum Gasteiger partial charge on any atom is -0.506 e. The van der Waals surface area contributed by atoms with Gasteiger partial charge in [0.25, 0.3) is 5.56 Å². The average Bonchev–Trinajstić information content (AvgIpc) is 3.35. The van der Waals surface area contributed by atoms with Gasteiger partial charge < -0.3 is 10.1 Å². The third kappa shape index (κ3) is 3.19. The van der Waals surface area contributed by atoms with Crippen LogP contribution in [-0.4, -0.2) is 26.5 Å². The minimum absolute atomic E-state index is 0.0192. The number of benzene rings is 1. The SMILES string of the molecule is O=c1[nH]c(CC2CC2)nc2c1CCN(Cc1cccc(O)c1Cl)C2. The summed E-state index contributed by atoms with van der Waals surface area (Å²) >= 11 is 6.18. The number of phenolic OH excluding ortho intramolecular Hbond substituents is 1.